The SMILES string of the molecule is COc1c(NC(=O)Nc2ccc(Oc3ccnc(Nc4ccc(C(=O)O)c(Cl)c4)c3)c3ccccc23)cc(C(C)(C)C)cc1NS(C)=O. The maximum atomic E-state index is 13.4. The molecule has 0 fully saturated rings. The van der Waals surface area contributed by atoms with Crippen LogP contribution in [0.5, 0.6) is 17.2 Å². The Kier molecular flexibility index (Phi) is 10.1. The highest BCUT2D eigenvalue weighted by molar-refractivity contribution is 7.85. The number of aromatic carboxylic acids is 1. The highest BCUT2D eigenvalue weighted by Gasteiger charge is 2.22. The number of benzene rings is 4. The Morgan fingerprint density at radius 2 is 1.60 bits per heavy atom. The van der Waals surface area contributed by atoms with E-state index in [1.165, 1.54) is 25.5 Å². The zero-order chi connectivity index (χ0) is 34.6. The Bertz CT molecular complexity index is 2050. The molecular weight excluding hydrogens is 654 g/mol. The van der Waals surface area contributed by atoms with Crippen LogP contribution < -0.4 is 30.1 Å². The minimum atomic E-state index is -1.36. The molecule has 11 nitrogen and oxygen atoms in total. The zero-order valence-electron chi connectivity index (χ0n) is 26.8. The fourth-order valence-corrected chi connectivity index (χ4v) is 5.66. The lowest BCUT2D eigenvalue weighted by Crippen LogP contribution is -2.21. The van der Waals surface area contributed by atoms with Crippen molar-refractivity contribution >= 4 is 73.9 Å². The second-order valence-corrected chi connectivity index (χ2v) is 13.3. The van der Waals surface area contributed by atoms with E-state index in [0.29, 0.717) is 45.8 Å². The van der Waals surface area contributed by atoms with Gasteiger partial charge in [-0.2, -0.15) is 0 Å². The number of carbonyl (C=O) groups is 2. The van der Waals surface area contributed by atoms with Crippen molar-refractivity contribution in [2.45, 2.75) is 26.2 Å². The maximum Gasteiger partial charge on any atom is 0.337 e. The number of rotatable bonds is 10. The fraction of sp³-hybridized carbons (Fsp3) is 0.171. The monoisotopic (exact) mass is 687 g/mol. The first-order valence-corrected chi connectivity index (χ1v) is 16.6. The molecule has 0 spiro atoms. The summed E-state index contributed by atoms with van der Waals surface area (Å²) in [4.78, 5) is 29.0. The van der Waals surface area contributed by atoms with E-state index in [-0.39, 0.29) is 16.0 Å². The van der Waals surface area contributed by atoms with Crippen LogP contribution in [0, 0.1) is 0 Å². The van der Waals surface area contributed by atoms with Gasteiger partial charge in [0.2, 0.25) is 0 Å². The number of amides is 2. The maximum absolute atomic E-state index is 13.4. The molecule has 1 unspecified atom stereocenters. The number of anilines is 5. The van der Waals surface area contributed by atoms with Gasteiger partial charge < -0.3 is 35.3 Å². The summed E-state index contributed by atoms with van der Waals surface area (Å²) in [6, 6.07) is 22.1. The van der Waals surface area contributed by atoms with E-state index >= 15 is 0 Å². The van der Waals surface area contributed by atoms with E-state index < -0.39 is 23.0 Å². The number of nitrogens with zero attached hydrogens (tertiary/aromatic N) is 1. The summed E-state index contributed by atoms with van der Waals surface area (Å²) in [5.74, 6) is 0.741. The highest BCUT2D eigenvalue weighted by atomic mass is 35.5. The van der Waals surface area contributed by atoms with Crippen molar-refractivity contribution in [3.63, 3.8) is 0 Å². The summed E-state index contributed by atoms with van der Waals surface area (Å²) in [6.45, 7) is 6.13. The number of fused-ring (bicyclic) bond motifs is 1. The van der Waals surface area contributed by atoms with Gasteiger partial charge in [-0.05, 0) is 59.5 Å². The molecule has 1 atom stereocenters. The standard InChI is InChI=1S/C35H34ClN5O6S/c1-35(2,3)20-16-28(32(46-4)29(17-20)41-48(5)45)40-34(44)39-27-12-13-30(24-9-7-6-8-23(24)27)47-22-14-15-37-31(19-22)38-21-10-11-25(33(42)43)26(36)18-21/h6-19,41H,1-5H3,(H,37,38)(H,42,43)(H2,39,40,44). The summed E-state index contributed by atoms with van der Waals surface area (Å²) in [7, 11) is 0.124. The average Bonchev–Trinajstić information content (AvgIpc) is 3.01. The van der Waals surface area contributed by atoms with Crippen molar-refractivity contribution in [1.29, 1.82) is 0 Å². The summed E-state index contributed by atoms with van der Waals surface area (Å²) in [5.41, 5.74) is 2.68. The normalized spacial score (nSPS) is 11.8. The lowest BCUT2D eigenvalue weighted by atomic mass is 9.86. The number of ether oxygens (including phenoxy) is 2. The third-order valence-electron chi connectivity index (χ3n) is 7.22. The number of methoxy groups -OCH3 is 1. The largest absolute Gasteiger partial charge is 0.492 e. The van der Waals surface area contributed by atoms with Crippen molar-refractivity contribution in [2.24, 2.45) is 0 Å². The van der Waals surface area contributed by atoms with E-state index in [1.54, 1.807) is 36.5 Å². The number of urea groups is 1. The molecule has 0 aliphatic rings. The molecule has 0 aliphatic heterocycles. The summed E-state index contributed by atoms with van der Waals surface area (Å²) in [6.07, 6.45) is 3.10. The van der Waals surface area contributed by atoms with Crippen LogP contribution in [-0.2, 0) is 16.4 Å². The van der Waals surface area contributed by atoms with Gasteiger partial charge in [-0.1, -0.05) is 56.6 Å². The first kappa shape index (κ1) is 34.0. The molecule has 0 bridgehead atoms. The van der Waals surface area contributed by atoms with Crippen LogP contribution in [0.1, 0.15) is 36.7 Å². The number of carbonyl (C=O) groups excluding carboxylic acids is 1. The third kappa shape index (κ3) is 7.96. The van der Waals surface area contributed by atoms with E-state index in [0.717, 1.165) is 16.3 Å². The number of hydrogen-bond acceptors (Lipinski definition) is 7. The van der Waals surface area contributed by atoms with E-state index in [4.69, 9.17) is 21.1 Å². The van der Waals surface area contributed by atoms with Gasteiger partial charge in [0.25, 0.3) is 0 Å². The van der Waals surface area contributed by atoms with Gasteiger partial charge in [0.05, 0.1) is 34.8 Å². The Morgan fingerprint density at radius 1 is 0.896 bits per heavy atom. The molecule has 5 N–H and O–H groups in total. The van der Waals surface area contributed by atoms with Crippen molar-refractivity contribution in [3.05, 3.63) is 101 Å². The molecule has 2 amide bonds. The summed E-state index contributed by atoms with van der Waals surface area (Å²) in [5, 5.41) is 19.8. The Balaban J connectivity index is 1.38. The number of carboxylic acids is 1. The number of carboxylic acid groups (broad SMARTS) is 1. The fourth-order valence-electron chi connectivity index (χ4n) is 4.93. The summed E-state index contributed by atoms with van der Waals surface area (Å²) >= 11 is 6.11. The Hall–Kier alpha value is -5.33. The van der Waals surface area contributed by atoms with Gasteiger partial charge in [0, 0.05) is 35.0 Å². The minimum absolute atomic E-state index is 0.00112. The van der Waals surface area contributed by atoms with Crippen molar-refractivity contribution in [1.82, 2.24) is 4.98 Å². The molecular formula is C35H34ClN5O6S. The number of aromatic nitrogens is 1. The van der Waals surface area contributed by atoms with E-state index in [9.17, 15) is 18.9 Å². The van der Waals surface area contributed by atoms with Gasteiger partial charge >= 0.3 is 12.0 Å². The molecule has 5 aromatic rings. The molecule has 1 heterocycles. The van der Waals surface area contributed by atoms with Gasteiger partial charge in [0.15, 0.2) is 5.75 Å². The smallest absolute Gasteiger partial charge is 0.337 e. The first-order valence-electron chi connectivity index (χ1n) is 14.7. The Morgan fingerprint density at radius 3 is 2.27 bits per heavy atom. The molecule has 4 aromatic carbocycles. The minimum Gasteiger partial charge on any atom is -0.492 e. The third-order valence-corrected chi connectivity index (χ3v) is 8.04. The second-order valence-electron chi connectivity index (χ2n) is 11.8. The number of pyridine rings is 1. The quantitative estimate of drug-likeness (QED) is 0.0977. The van der Waals surface area contributed by atoms with Crippen LogP contribution in [0.2, 0.25) is 5.02 Å². The first-order chi connectivity index (χ1) is 22.8. The molecule has 0 radical (unpaired) electrons. The van der Waals surface area contributed by atoms with Crippen LogP contribution >= 0.6 is 11.6 Å². The molecule has 0 aliphatic carbocycles. The van der Waals surface area contributed by atoms with Crippen LogP contribution in [0.25, 0.3) is 10.8 Å². The molecule has 1 aromatic heterocycles. The number of nitrogens with one attached hydrogen (secondary N) is 4. The van der Waals surface area contributed by atoms with Gasteiger partial charge in [0.1, 0.15) is 28.3 Å². The highest BCUT2D eigenvalue weighted by Crippen LogP contribution is 2.40. The Labute approximate surface area is 285 Å². The molecule has 0 saturated heterocycles. The van der Waals surface area contributed by atoms with Gasteiger partial charge in [-0.3, -0.25) is 0 Å². The lowest BCUT2D eigenvalue weighted by molar-refractivity contribution is 0.0697. The van der Waals surface area contributed by atoms with Gasteiger partial charge in [-0.15, -0.1) is 0 Å². The number of hydrogen-bond donors (Lipinski definition) is 5. The summed E-state index contributed by atoms with van der Waals surface area (Å²) < 4.78 is 26.8. The molecule has 48 heavy (non-hydrogen) atoms. The molecule has 248 valence electrons. The van der Waals surface area contributed by atoms with E-state index in [2.05, 4.69) is 25.7 Å². The number of halogens is 1. The van der Waals surface area contributed by atoms with Crippen molar-refractivity contribution in [3.8, 4) is 17.2 Å². The van der Waals surface area contributed by atoms with Crippen LogP contribution in [-0.4, -0.2) is 39.7 Å². The zero-order valence-corrected chi connectivity index (χ0v) is 28.4. The van der Waals surface area contributed by atoms with E-state index in [1.807, 2.05) is 57.2 Å². The molecule has 13 heteroatoms. The van der Waals surface area contributed by atoms with Crippen molar-refractivity contribution < 1.29 is 28.4 Å². The topological polar surface area (TPSA) is 151 Å². The van der Waals surface area contributed by atoms with Crippen molar-refractivity contribution in [2.75, 3.05) is 34.0 Å². The van der Waals surface area contributed by atoms with Crippen LogP contribution in [0.15, 0.2) is 85.1 Å². The predicted molar refractivity (Wildman–Crippen MR) is 192 cm³/mol. The molecule has 5 rings (SSSR count). The predicted octanol–water partition coefficient (Wildman–Crippen LogP) is 8.78. The molecule has 0 saturated carbocycles. The second kappa shape index (κ2) is 14.2. The lowest BCUT2D eigenvalue weighted by Gasteiger charge is -2.24. The van der Waals surface area contributed by atoms with Crippen LogP contribution in [0.3, 0.4) is 0 Å². The van der Waals surface area contributed by atoms with Crippen LogP contribution in [0.4, 0.5) is 33.4 Å². The average molecular weight is 688 g/mol. The van der Waals surface area contributed by atoms with Gasteiger partial charge in [-0.25, -0.2) is 18.8 Å².